The van der Waals surface area contributed by atoms with Crippen LogP contribution in [0.2, 0.25) is 0 Å². The lowest BCUT2D eigenvalue weighted by molar-refractivity contribution is -0.137. The minimum Gasteiger partial charge on any atom is -0.310 e. The molecule has 0 aliphatic heterocycles. The number of hydrogen-bond acceptors (Lipinski definition) is 3. The summed E-state index contributed by atoms with van der Waals surface area (Å²) in [5.41, 5.74) is 2.00. The molecule has 0 radical (unpaired) electrons. The van der Waals surface area contributed by atoms with Gasteiger partial charge in [-0.25, -0.2) is 15.0 Å². The van der Waals surface area contributed by atoms with Gasteiger partial charge < -0.3 is 8.97 Å². The van der Waals surface area contributed by atoms with Crippen molar-refractivity contribution in [2.24, 2.45) is 7.05 Å². The zero-order chi connectivity index (χ0) is 17.9. The molecule has 0 saturated carbocycles. The zero-order valence-electron chi connectivity index (χ0n) is 13.1. The van der Waals surface area contributed by atoms with Crippen LogP contribution in [0.5, 0.6) is 0 Å². The minimum atomic E-state index is -4.45. The van der Waals surface area contributed by atoms with Crippen molar-refractivity contribution in [2.75, 3.05) is 0 Å². The molecule has 128 valence electrons. The standard InChI is InChI=1S/C16H11F3IN5/c1-8-13(23-12-4-3-10(20)7-25(8)12)15-22-11-5-9(16(17,18)19)6-21-14(11)24(15)2/h3-7H,1-2H3. The topological polar surface area (TPSA) is 48.0 Å². The van der Waals surface area contributed by atoms with Gasteiger partial charge in [-0.2, -0.15) is 13.2 Å². The van der Waals surface area contributed by atoms with Gasteiger partial charge in [0, 0.05) is 23.0 Å². The Hall–Kier alpha value is -2.17. The fraction of sp³-hybridized carbons (Fsp3) is 0.188. The van der Waals surface area contributed by atoms with E-state index in [1.807, 2.05) is 29.7 Å². The average molecular weight is 457 g/mol. The van der Waals surface area contributed by atoms with Crippen LogP contribution in [0.3, 0.4) is 0 Å². The summed E-state index contributed by atoms with van der Waals surface area (Å²) >= 11 is 2.21. The van der Waals surface area contributed by atoms with Crippen molar-refractivity contribution in [3.05, 3.63) is 45.4 Å². The predicted molar refractivity (Wildman–Crippen MR) is 95.2 cm³/mol. The molecule has 0 aromatic carbocycles. The minimum absolute atomic E-state index is 0.193. The molecule has 0 aliphatic rings. The molecule has 4 heterocycles. The number of hydrogen-bond donors (Lipinski definition) is 0. The molecule has 25 heavy (non-hydrogen) atoms. The Morgan fingerprint density at radius 3 is 2.64 bits per heavy atom. The number of rotatable bonds is 1. The van der Waals surface area contributed by atoms with E-state index in [0.29, 0.717) is 17.2 Å². The molecule has 0 atom stereocenters. The highest BCUT2D eigenvalue weighted by Gasteiger charge is 2.32. The Morgan fingerprint density at radius 1 is 1.16 bits per heavy atom. The maximum atomic E-state index is 12.9. The Bertz CT molecular complexity index is 1130. The van der Waals surface area contributed by atoms with E-state index in [-0.39, 0.29) is 5.52 Å². The summed E-state index contributed by atoms with van der Waals surface area (Å²) in [7, 11) is 1.72. The molecule has 4 rings (SSSR count). The summed E-state index contributed by atoms with van der Waals surface area (Å²) in [4.78, 5) is 12.9. The van der Waals surface area contributed by atoms with Gasteiger partial charge in [-0.3, -0.25) is 0 Å². The molecule has 0 spiro atoms. The number of halogens is 4. The summed E-state index contributed by atoms with van der Waals surface area (Å²) in [6, 6.07) is 4.85. The lowest BCUT2D eigenvalue weighted by Crippen LogP contribution is -2.05. The lowest BCUT2D eigenvalue weighted by Gasteiger charge is -2.05. The van der Waals surface area contributed by atoms with E-state index >= 15 is 0 Å². The van der Waals surface area contributed by atoms with Gasteiger partial charge in [0.2, 0.25) is 0 Å². The number of nitrogens with zero attached hydrogens (tertiary/aromatic N) is 5. The van der Waals surface area contributed by atoms with Gasteiger partial charge in [0.15, 0.2) is 11.5 Å². The van der Waals surface area contributed by atoms with Crippen molar-refractivity contribution in [1.82, 2.24) is 23.9 Å². The van der Waals surface area contributed by atoms with Crippen molar-refractivity contribution in [2.45, 2.75) is 13.1 Å². The zero-order valence-corrected chi connectivity index (χ0v) is 15.3. The van der Waals surface area contributed by atoms with Crippen LogP contribution in [0.4, 0.5) is 13.2 Å². The number of alkyl halides is 3. The van der Waals surface area contributed by atoms with Gasteiger partial charge in [0.05, 0.1) is 11.3 Å². The van der Waals surface area contributed by atoms with E-state index in [4.69, 9.17) is 0 Å². The van der Waals surface area contributed by atoms with Crippen LogP contribution in [-0.2, 0) is 13.2 Å². The number of aromatic nitrogens is 5. The average Bonchev–Trinajstić information content (AvgIpc) is 3.04. The molecular formula is C16H11F3IN5. The molecule has 0 unspecified atom stereocenters. The SMILES string of the molecule is Cc1c(-c2nc3cc(C(F)(F)F)cnc3n2C)nc2ccc(I)cn12. The molecule has 0 saturated heterocycles. The first kappa shape index (κ1) is 16.3. The smallest absolute Gasteiger partial charge is 0.310 e. The van der Waals surface area contributed by atoms with Crippen LogP contribution >= 0.6 is 22.6 Å². The van der Waals surface area contributed by atoms with E-state index in [1.54, 1.807) is 11.6 Å². The highest BCUT2D eigenvalue weighted by atomic mass is 127. The summed E-state index contributed by atoms with van der Waals surface area (Å²) in [5.74, 6) is 0.484. The number of fused-ring (bicyclic) bond motifs is 2. The van der Waals surface area contributed by atoms with Crippen LogP contribution in [-0.4, -0.2) is 23.9 Å². The largest absolute Gasteiger partial charge is 0.417 e. The molecule has 0 aliphatic carbocycles. The van der Waals surface area contributed by atoms with Crippen LogP contribution in [0, 0.1) is 10.5 Å². The molecule has 5 nitrogen and oxygen atoms in total. The fourth-order valence-corrected chi connectivity index (χ4v) is 3.25. The molecule has 0 fully saturated rings. The van der Waals surface area contributed by atoms with E-state index in [9.17, 15) is 13.2 Å². The van der Waals surface area contributed by atoms with Gasteiger partial charge in [0.25, 0.3) is 0 Å². The van der Waals surface area contributed by atoms with E-state index in [0.717, 1.165) is 27.2 Å². The fourth-order valence-electron chi connectivity index (χ4n) is 2.79. The molecular weight excluding hydrogens is 446 g/mol. The Morgan fingerprint density at radius 2 is 1.92 bits per heavy atom. The van der Waals surface area contributed by atoms with Gasteiger partial charge in [-0.1, -0.05) is 0 Å². The second-order valence-corrected chi connectivity index (χ2v) is 6.93. The van der Waals surface area contributed by atoms with Gasteiger partial charge >= 0.3 is 6.18 Å². The highest BCUT2D eigenvalue weighted by molar-refractivity contribution is 14.1. The summed E-state index contributed by atoms with van der Waals surface area (Å²) in [6.07, 6.45) is -1.67. The normalized spacial score (nSPS) is 12.4. The molecule has 0 bridgehead atoms. The van der Waals surface area contributed by atoms with Crippen LogP contribution in [0.1, 0.15) is 11.3 Å². The second kappa shape index (κ2) is 5.41. The predicted octanol–water partition coefficient (Wildman–Crippen LogP) is 4.21. The lowest BCUT2D eigenvalue weighted by atomic mass is 10.2. The first-order valence-electron chi connectivity index (χ1n) is 7.30. The summed E-state index contributed by atoms with van der Waals surface area (Å²) in [5, 5.41) is 0. The van der Waals surface area contributed by atoms with Crippen molar-refractivity contribution < 1.29 is 13.2 Å². The highest BCUT2D eigenvalue weighted by Crippen LogP contribution is 2.32. The van der Waals surface area contributed by atoms with Crippen molar-refractivity contribution in [1.29, 1.82) is 0 Å². The maximum Gasteiger partial charge on any atom is 0.417 e. The quantitative estimate of drug-likeness (QED) is 0.403. The van der Waals surface area contributed by atoms with Crippen molar-refractivity contribution >= 4 is 39.4 Å². The number of aryl methyl sites for hydroxylation is 2. The summed E-state index contributed by atoms with van der Waals surface area (Å²) < 4.78 is 43.3. The van der Waals surface area contributed by atoms with Crippen LogP contribution in [0.25, 0.3) is 28.3 Å². The maximum absolute atomic E-state index is 12.9. The van der Waals surface area contributed by atoms with E-state index in [1.165, 1.54) is 0 Å². The third-order valence-corrected chi connectivity index (χ3v) is 4.71. The van der Waals surface area contributed by atoms with Crippen LogP contribution in [0.15, 0.2) is 30.6 Å². The first-order valence-corrected chi connectivity index (χ1v) is 8.38. The monoisotopic (exact) mass is 457 g/mol. The first-order chi connectivity index (χ1) is 11.8. The second-order valence-electron chi connectivity index (χ2n) is 5.68. The van der Waals surface area contributed by atoms with Crippen molar-refractivity contribution in [3.8, 4) is 11.5 Å². The molecule has 9 heteroatoms. The Labute approximate surface area is 153 Å². The Kier molecular flexibility index (Phi) is 3.53. The third-order valence-electron chi connectivity index (χ3n) is 4.07. The molecule has 0 amide bonds. The van der Waals surface area contributed by atoms with Gasteiger partial charge in [0.1, 0.15) is 16.9 Å². The van der Waals surface area contributed by atoms with Crippen LogP contribution < -0.4 is 0 Å². The summed E-state index contributed by atoms with van der Waals surface area (Å²) in [6.45, 7) is 1.90. The van der Waals surface area contributed by atoms with Crippen molar-refractivity contribution in [3.63, 3.8) is 0 Å². The number of imidazole rings is 2. The number of pyridine rings is 2. The Balaban J connectivity index is 1.95. The molecule has 4 aromatic rings. The third kappa shape index (κ3) is 2.57. The molecule has 0 N–H and O–H groups in total. The van der Waals surface area contributed by atoms with E-state index in [2.05, 4.69) is 37.5 Å². The van der Waals surface area contributed by atoms with E-state index < -0.39 is 11.7 Å². The molecule has 4 aromatic heterocycles. The van der Waals surface area contributed by atoms with Gasteiger partial charge in [-0.15, -0.1) is 0 Å². The van der Waals surface area contributed by atoms with Gasteiger partial charge in [-0.05, 0) is 47.7 Å².